The zero-order valence-electron chi connectivity index (χ0n) is 12.8. The van der Waals surface area contributed by atoms with Gasteiger partial charge in [-0.2, -0.15) is 4.68 Å². The van der Waals surface area contributed by atoms with Crippen molar-refractivity contribution >= 4 is 0 Å². The Labute approximate surface area is 131 Å². The summed E-state index contributed by atoms with van der Waals surface area (Å²) in [6, 6.07) is 12.0. The maximum absolute atomic E-state index is 14.0. The number of halogens is 1. The molecule has 0 aliphatic heterocycles. The van der Waals surface area contributed by atoms with Gasteiger partial charge in [-0.3, -0.25) is 0 Å². The van der Waals surface area contributed by atoms with E-state index in [2.05, 4.69) is 5.10 Å². The zero-order chi connectivity index (χ0) is 16.6. The third-order valence-electron chi connectivity index (χ3n) is 3.68. The molecule has 0 saturated carbocycles. The van der Waals surface area contributed by atoms with Crippen LogP contribution in [0.3, 0.4) is 0 Å². The lowest BCUT2D eigenvalue weighted by Crippen LogP contribution is -2.29. The maximum Gasteiger partial charge on any atom is 0.352 e. The van der Waals surface area contributed by atoms with Crippen molar-refractivity contribution in [3.8, 4) is 5.69 Å². The molecule has 3 aromatic rings. The van der Waals surface area contributed by atoms with E-state index in [4.69, 9.17) is 0 Å². The maximum atomic E-state index is 14.0. The summed E-state index contributed by atoms with van der Waals surface area (Å²) in [6.45, 7) is 3.84. The highest BCUT2D eigenvalue weighted by Gasteiger charge is 2.14. The Morgan fingerprint density at radius 3 is 2.30 bits per heavy atom. The highest BCUT2D eigenvalue weighted by Crippen LogP contribution is 2.12. The number of hydrogen-bond acceptors (Lipinski definition) is 2. The number of hydrogen-bond donors (Lipinski definition) is 1. The molecule has 0 aliphatic carbocycles. The van der Waals surface area contributed by atoms with Gasteiger partial charge in [0.15, 0.2) is 0 Å². The smallest absolute Gasteiger partial charge is 0.246 e. The average Bonchev–Trinajstić information content (AvgIpc) is 2.77. The summed E-state index contributed by atoms with van der Waals surface area (Å²) in [5.41, 5.74) is 1.51. The van der Waals surface area contributed by atoms with Crippen molar-refractivity contribution < 1.29 is 4.39 Å². The van der Waals surface area contributed by atoms with Gasteiger partial charge < -0.3 is 0 Å². The first-order chi connectivity index (χ1) is 11.0. The van der Waals surface area contributed by atoms with Crippen LogP contribution in [0.1, 0.15) is 16.7 Å². The molecule has 0 atom stereocenters. The number of benzene rings is 2. The van der Waals surface area contributed by atoms with E-state index in [9.17, 15) is 14.0 Å². The van der Waals surface area contributed by atoms with Crippen LogP contribution < -0.4 is 11.4 Å². The summed E-state index contributed by atoms with van der Waals surface area (Å²) in [6.07, 6.45) is 0. The van der Waals surface area contributed by atoms with E-state index < -0.39 is 17.2 Å². The van der Waals surface area contributed by atoms with Gasteiger partial charge >= 0.3 is 11.4 Å². The normalized spacial score (nSPS) is 10.9. The average molecular weight is 313 g/mol. The number of rotatable bonds is 3. The van der Waals surface area contributed by atoms with Gasteiger partial charge in [-0.15, -0.1) is 0 Å². The second kappa shape index (κ2) is 5.72. The van der Waals surface area contributed by atoms with Crippen molar-refractivity contribution in [2.24, 2.45) is 0 Å². The zero-order valence-corrected chi connectivity index (χ0v) is 12.8. The summed E-state index contributed by atoms with van der Waals surface area (Å²) in [7, 11) is 0. The van der Waals surface area contributed by atoms with Crippen LogP contribution in [-0.2, 0) is 6.54 Å². The van der Waals surface area contributed by atoms with Crippen molar-refractivity contribution in [3.05, 3.63) is 85.9 Å². The van der Waals surface area contributed by atoms with Crippen LogP contribution in [0.4, 0.5) is 4.39 Å². The van der Waals surface area contributed by atoms with Crippen molar-refractivity contribution in [3.63, 3.8) is 0 Å². The lowest BCUT2D eigenvalue weighted by Gasteiger charge is -2.04. The number of nitrogens with zero attached hydrogens (tertiary/aromatic N) is 2. The Morgan fingerprint density at radius 2 is 1.65 bits per heavy atom. The van der Waals surface area contributed by atoms with Crippen LogP contribution >= 0.6 is 0 Å². The predicted octanol–water partition coefficient (Wildman–Crippen LogP) is 2.13. The number of aromatic amines is 1. The summed E-state index contributed by atoms with van der Waals surface area (Å²) < 4.78 is 16.0. The quantitative estimate of drug-likeness (QED) is 0.805. The highest BCUT2D eigenvalue weighted by molar-refractivity contribution is 5.35. The molecule has 0 fully saturated rings. The molecule has 6 heteroatoms. The lowest BCUT2D eigenvalue weighted by molar-refractivity contribution is 0.604. The summed E-state index contributed by atoms with van der Waals surface area (Å²) in [5.74, 6) is -0.559. The molecular formula is C17H16FN3O2. The molecule has 0 saturated heterocycles. The number of nitrogens with one attached hydrogen (secondary N) is 1. The molecule has 5 nitrogen and oxygen atoms in total. The van der Waals surface area contributed by atoms with Crippen LogP contribution in [0.2, 0.25) is 0 Å². The minimum Gasteiger partial charge on any atom is -0.246 e. The van der Waals surface area contributed by atoms with E-state index in [0.29, 0.717) is 0 Å². The SMILES string of the molecule is Cc1ccc(Cn2c(=O)[nH]n(-c3ccc(C)cc3F)c2=O)cc1. The van der Waals surface area contributed by atoms with Gasteiger partial charge in [0.1, 0.15) is 11.5 Å². The van der Waals surface area contributed by atoms with Gasteiger partial charge in [0.2, 0.25) is 0 Å². The molecule has 1 aromatic heterocycles. The molecule has 0 amide bonds. The second-order valence-electron chi connectivity index (χ2n) is 5.56. The standard InChI is InChI=1S/C17H16FN3O2/c1-11-3-6-13(7-4-11)10-20-16(22)19-21(17(20)23)15-8-5-12(2)9-14(15)18/h3-9H,10H2,1-2H3,(H,19,22). The second-order valence-corrected chi connectivity index (χ2v) is 5.56. The van der Waals surface area contributed by atoms with Gasteiger partial charge in [-0.05, 0) is 37.1 Å². The van der Waals surface area contributed by atoms with Gasteiger partial charge in [0.25, 0.3) is 0 Å². The molecule has 1 heterocycles. The first-order valence-corrected chi connectivity index (χ1v) is 7.19. The molecular weight excluding hydrogens is 297 g/mol. The largest absolute Gasteiger partial charge is 0.352 e. The Morgan fingerprint density at radius 1 is 1.00 bits per heavy atom. The van der Waals surface area contributed by atoms with E-state index in [-0.39, 0.29) is 12.2 Å². The fourth-order valence-electron chi connectivity index (χ4n) is 2.38. The first-order valence-electron chi connectivity index (χ1n) is 7.19. The Balaban J connectivity index is 2.04. The Kier molecular flexibility index (Phi) is 3.73. The number of aromatic nitrogens is 3. The first kappa shape index (κ1) is 15.0. The molecule has 118 valence electrons. The van der Waals surface area contributed by atoms with Crippen LogP contribution in [0.5, 0.6) is 0 Å². The molecule has 0 radical (unpaired) electrons. The van der Waals surface area contributed by atoms with Crippen LogP contribution in [0, 0.1) is 19.7 Å². The minimum absolute atomic E-state index is 0.0281. The topological polar surface area (TPSA) is 59.8 Å². The van der Waals surface area contributed by atoms with Gasteiger partial charge in [0, 0.05) is 0 Å². The van der Waals surface area contributed by atoms with Crippen molar-refractivity contribution in [2.75, 3.05) is 0 Å². The van der Waals surface area contributed by atoms with Crippen LogP contribution in [0.15, 0.2) is 52.1 Å². The van der Waals surface area contributed by atoms with Crippen molar-refractivity contribution in [2.45, 2.75) is 20.4 Å². The molecule has 0 unspecified atom stereocenters. The molecule has 0 spiro atoms. The van der Waals surface area contributed by atoms with Gasteiger partial charge in [-0.1, -0.05) is 35.9 Å². The Hall–Kier alpha value is -2.89. The third kappa shape index (κ3) is 2.88. The summed E-state index contributed by atoms with van der Waals surface area (Å²) in [5, 5.41) is 2.39. The van der Waals surface area contributed by atoms with Gasteiger partial charge in [0.05, 0.1) is 6.54 Å². The number of aryl methyl sites for hydroxylation is 2. The molecule has 1 N–H and O–H groups in total. The molecule has 23 heavy (non-hydrogen) atoms. The van der Waals surface area contributed by atoms with E-state index in [1.165, 1.54) is 12.1 Å². The van der Waals surface area contributed by atoms with E-state index in [1.807, 2.05) is 31.2 Å². The summed E-state index contributed by atoms with van der Waals surface area (Å²) in [4.78, 5) is 24.5. The predicted molar refractivity (Wildman–Crippen MR) is 85.6 cm³/mol. The van der Waals surface area contributed by atoms with E-state index >= 15 is 0 Å². The third-order valence-corrected chi connectivity index (χ3v) is 3.68. The minimum atomic E-state index is -0.599. The monoisotopic (exact) mass is 313 g/mol. The fraction of sp³-hybridized carbons (Fsp3) is 0.176. The summed E-state index contributed by atoms with van der Waals surface area (Å²) >= 11 is 0. The van der Waals surface area contributed by atoms with E-state index in [0.717, 1.165) is 25.9 Å². The molecule has 3 rings (SSSR count). The molecule has 0 bridgehead atoms. The van der Waals surface area contributed by atoms with E-state index in [1.54, 1.807) is 13.0 Å². The van der Waals surface area contributed by atoms with Crippen LogP contribution in [-0.4, -0.2) is 14.3 Å². The fourth-order valence-corrected chi connectivity index (χ4v) is 2.38. The molecule has 2 aromatic carbocycles. The lowest BCUT2D eigenvalue weighted by atomic mass is 10.1. The number of H-pyrrole nitrogens is 1. The Bertz CT molecular complexity index is 965. The van der Waals surface area contributed by atoms with Gasteiger partial charge in [-0.25, -0.2) is 23.6 Å². The molecule has 0 aliphatic rings. The van der Waals surface area contributed by atoms with Crippen LogP contribution in [0.25, 0.3) is 5.69 Å². The van der Waals surface area contributed by atoms with Crippen molar-refractivity contribution in [1.29, 1.82) is 0 Å². The highest BCUT2D eigenvalue weighted by atomic mass is 19.1. The van der Waals surface area contributed by atoms with Crippen molar-refractivity contribution in [1.82, 2.24) is 14.3 Å².